The van der Waals surface area contributed by atoms with E-state index in [1.807, 2.05) is 12.1 Å². The zero-order chi connectivity index (χ0) is 20.9. The second kappa shape index (κ2) is 8.53. The minimum absolute atomic E-state index is 0.0830. The van der Waals surface area contributed by atoms with Gasteiger partial charge in [-0.1, -0.05) is 38.8 Å². The Morgan fingerprint density at radius 3 is 2.29 bits per heavy atom. The number of Topliss-reactive ketones (excluding diaryl/α,β-unsaturated/α-hetero) is 1. The predicted molar refractivity (Wildman–Crippen MR) is 115 cm³/mol. The number of hydrogen-bond donors (Lipinski definition) is 0. The van der Waals surface area contributed by atoms with Crippen molar-refractivity contribution >= 4 is 14.1 Å². The molecule has 0 bridgehead atoms. The monoisotopic (exact) mass is 396 g/mol. The first-order valence-corrected chi connectivity index (χ1v) is 12.1. The van der Waals surface area contributed by atoms with Crippen LogP contribution in [0.25, 0.3) is 0 Å². The minimum atomic E-state index is -1.98. The van der Waals surface area contributed by atoms with E-state index in [2.05, 4.69) is 45.7 Å². The highest BCUT2D eigenvalue weighted by Crippen LogP contribution is 2.40. The van der Waals surface area contributed by atoms with Crippen molar-refractivity contribution in [3.8, 4) is 29.1 Å². The number of hydrogen-bond acceptors (Lipinski definition) is 4. The summed E-state index contributed by atoms with van der Waals surface area (Å²) in [5.74, 6) is 7.27. The molecule has 4 nitrogen and oxygen atoms in total. The first-order chi connectivity index (χ1) is 13.1. The van der Waals surface area contributed by atoms with Crippen molar-refractivity contribution < 1.29 is 18.7 Å². The summed E-state index contributed by atoms with van der Waals surface area (Å²) in [7, 11) is 1.19. The summed E-state index contributed by atoms with van der Waals surface area (Å²) < 4.78 is 17.0. The molecule has 0 amide bonds. The molecule has 28 heavy (non-hydrogen) atoms. The molecule has 0 fully saturated rings. The molecule has 5 heteroatoms. The smallest absolute Gasteiger partial charge is 0.250 e. The van der Waals surface area contributed by atoms with Crippen LogP contribution in [0.15, 0.2) is 42.5 Å². The van der Waals surface area contributed by atoms with Gasteiger partial charge in [0.05, 0.1) is 14.2 Å². The third-order valence-electron chi connectivity index (χ3n) is 4.99. The second-order valence-electron chi connectivity index (χ2n) is 8.04. The van der Waals surface area contributed by atoms with Gasteiger partial charge >= 0.3 is 0 Å². The normalized spacial score (nSPS) is 11.2. The Hall–Kier alpha value is -2.71. The van der Waals surface area contributed by atoms with Crippen LogP contribution in [0.3, 0.4) is 0 Å². The molecule has 0 aliphatic carbocycles. The first kappa shape index (κ1) is 21.6. The van der Waals surface area contributed by atoms with Gasteiger partial charge in [0.2, 0.25) is 5.78 Å². The third-order valence-corrected chi connectivity index (χ3v) is 9.33. The Morgan fingerprint density at radius 1 is 0.964 bits per heavy atom. The summed E-state index contributed by atoms with van der Waals surface area (Å²) in [5.41, 5.74) is 1.19. The lowest BCUT2D eigenvalue weighted by Crippen LogP contribution is -2.43. The van der Waals surface area contributed by atoms with Gasteiger partial charge in [-0.3, -0.25) is 4.79 Å². The van der Waals surface area contributed by atoms with E-state index in [-0.39, 0.29) is 10.8 Å². The molecule has 148 valence electrons. The molecular weight excluding hydrogens is 368 g/mol. The summed E-state index contributed by atoms with van der Waals surface area (Å²) in [6.45, 7) is 10.9. The van der Waals surface area contributed by atoms with Crippen LogP contribution < -0.4 is 13.9 Å². The van der Waals surface area contributed by atoms with Crippen molar-refractivity contribution in [2.24, 2.45) is 0 Å². The molecule has 0 radical (unpaired) electrons. The van der Waals surface area contributed by atoms with Crippen LogP contribution in [-0.2, 0) is 0 Å². The van der Waals surface area contributed by atoms with Gasteiger partial charge in [-0.2, -0.15) is 0 Å². The van der Waals surface area contributed by atoms with E-state index in [0.717, 1.165) is 0 Å². The lowest BCUT2D eigenvalue weighted by atomic mass is 10.1. The van der Waals surface area contributed by atoms with Gasteiger partial charge in [-0.15, -0.1) is 0 Å². The number of carbonyl (C=O) groups excluding carboxylic acids is 1. The zero-order valence-corrected chi connectivity index (χ0v) is 18.7. The average molecular weight is 397 g/mol. The van der Waals surface area contributed by atoms with Crippen LogP contribution >= 0.6 is 0 Å². The molecule has 0 heterocycles. The van der Waals surface area contributed by atoms with Gasteiger partial charge < -0.3 is 13.9 Å². The minimum Gasteiger partial charge on any atom is -0.541 e. The van der Waals surface area contributed by atoms with E-state index in [9.17, 15) is 4.79 Å². The molecule has 0 aliphatic heterocycles. The van der Waals surface area contributed by atoms with E-state index in [4.69, 9.17) is 13.9 Å². The molecule has 0 aromatic heterocycles. The maximum Gasteiger partial charge on any atom is 0.250 e. The van der Waals surface area contributed by atoms with E-state index >= 15 is 0 Å². The Morgan fingerprint density at radius 2 is 1.68 bits per heavy atom. The molecular formula is C23H28O4Si. The SMILES string of the molecule is COc1cccc(C(=O)C#Cc2ccc(O[Si](C)(C)C(C)(C)C)c(OC)c2)c1. The summed E-state index contributed by atoms with van der Waals surface area (Å²) in [5, 5.41) is 0.0830. The average Bonchev–Trinajstić information content (AvgIpc) is 2.65. The van der Waals surface area contributed by atoms with Gasteiger partial charge in [-0.05, 0) is 54.4 Å². The van der Waals surface area contributed by atoms with E-state index in [1.54, 1.807) is 44.6 Å². The largest absolute Gasteiger partial charge is 0.541 e. The second-order valence-corrected chi connectivity index (χ2v) is 12.8. The van der Waals surface area contributed by atoms with E-state index in [1.165, 1.54) is 0 Å². The molecule has 0 saturated heterocycles. The highest BCUT2D eigenvalue weighted by molar-refractivity contribution is 6.74. The Bertz CT molecular complexity index is 914. The van der Waals surface area contributed by atoms with Crippen LogP contribution in [0.4, 0.5) is 0 Å². The number of ether oxygens (including phenoxy) is 2. The quantitative estimate of drug-likeness (QED) is 0.390. The third kappa shape index (κ3) is 5.17. The number of carbonyl (C=O) groups is 1. The van der Waals surface area contributed by atoms with Crippen molar-refractivity contribution in [3.05, 3.63) is 53.6 Å². The Balaban J connectivity index is 2.25. The fraction of sp³-hybridized carbons (Fsp3) is 0.348. The predicted octanol–water partition coefficient (Wildman–Crippen LogP) is 5.32. The summed E-state index contributed by atoms with van der Waals surface area (Å²) in [4.78, 5) is 12.3. The number of benzene rings is 2. The summed E-state index contributed by atoms with van der Waals surface area (Å²) in [6, 6.07) is 12.5. The maximum absolute atomic E-state index is 12.3. The zero-order valence-electron chi connectivity index (χ0n) is 17.7. The van der Waals surface area contributed by atoms with Crippen molar-refractivity contribution in [3.63, 3.8) is 0 Å². The van der Waals surface area contributed by atoms with Crippen molar-refractivity contribution in [1.29, 1.82) is 0 Å². The molecule has 0 unspecified atom stereocenters. The molecule has 0 spiro atoms. The van der Waals surface area contributed by atoms with Crippen LogP contribution in [0.5, 0.6) is 17.2 Å². The first-order valence-electron chi connectivity index (χ1n) is 9.15. The molecule has 2 aromatic carbocycles. The van der Waals surface area contributed by atoms with Crippen molar-refractivity contribution in [2.75, 3.05) is 14.2 Å². The summed E-state index contributed by atoms with van der Waals surface area (Å²) >= 11 is 0. The molecule has 2 aromatic rings. The van der Waals surface area contributed by atoms with Crippen molar-refractivity contribution in [2.45, 2.75) is 38.9 Å². The van der Waals surface area contributed by atoms with Crippen LogP contribution in [0.1, 0.15) is 36.7 Å². The lowest BCUT2D eigenvalue weighted by molar-refractivity contribution is 0.105. The van der Waals surface area contributed by atoms with E-state index < -0.39 is 8.32 Å². The Labute approximate surface area is 169 Å². The molecule has 0 saturated carbocycles. The molecule has 0 N–H and O–H groups in total. The standard InChI is InChI=1S/C23H28O4Si/c1-23(2,3)28(6,7)27-21-14-12-17(15-22(21)26-5)11-13-20(24)18-9-8-10-19(16-18)25-4/h8-10,12,14-16H,1-7H3. The molecule has 0 atom stereocenters. The highest BCUT2D eigenvalue weighted by atomic mass is 28.4. The van der Waals surface area contributed by atoms with Crippen LogP contribution in [-0.4, -0.2) is 28.3 Å². The topological polar surface area (TPSA) is 44.8 Å². The van der Waals surface area contributed by atoms with Crippen LogP contribution in [0, 0.1) is 11.8 Å². The van der Waals surface area contributed by atoms with Crippen LogP contribution in [0.2, 0.25) is 18.1 Å². The maximum atomic E-state index is 12.3. The van der Waals surface area contributed by atoms with Gasteiger partial charge in [0, 0.05) is 11.1 Å². The number of methoxy groups -OCH3 is 2. The molecule has 2 rings (SSSR count). The van der Waals surface area contributed by atoms with Crippen molar-refractivity contribution in [1.82, 2.24) is 0 Å². The fourth-order valence-electron chi connectivity index (χ4n) is 2.22. The van der Waals surface area contributed by atoms with Gasteiger partial charge in [0.15, 0.2) is 5.75 Å². The van der Waals surface area contributed by atoms with Gasteiger partial charge in [0.1, 0.15) is 11.5 Å². The highest BCUT2D eigenvalue weighted by Gasteiger charge is 2.39. The summed E-state index contributed by atoms with van der Waals surface area (Å²) in [6.07, 6.45) is 0. The lowest BCUT2D eigenvalue weighted by Gasteiger charge is -2.36. The fourth-order valence-corrected chi connectivity index (χ4v) is 3.25. The van der Waals surface area contributed by atoms with Gasteiger partial charge in [-0.25, -0.2) is 0 Å². The number of ketones is 1. The number of rotatable bonds is 5. The van der Waals surface area contributed by atoms with E-state index in [0.29, 0.717) is 28.4 Å². The van der Waals surface area contributed by atoms with Gasteiger partial charge in [0.25, 0.3) is 8.32 Å². The molecule has 0 aliphatic rings. The Kier molecular flexibility index (Phi) is 6.58.